The van der Waals surface area contributed by atoms with Crippen molar-refractivity contribution in [2.75, 3.05) is 13.2 Å². The number of allylic oxidation sites excluding steroid dienone is 2. The van der Waals surface area contributed by atoms with Crippen molar-refractivity contribution >= 4 is 31.8 Å². The molecule has 3 heterocycles. The Morgan fingerprint density at radius 3 is 2.30 bits per heavy atom. The summed E-state index contributed by atoms with van der Waals surface area (Å²) in [7, 11) is -4.30. The van der Waals surface area contributed by atoms with Gasteiger partial charge in [0.05, 0.1) is 25.4 Å². The number of hydrazone groups is 1. The molecule has 0 aliphatic carbocycles. The lowest BCUT2D eigenvalue weighted by molar-refractivity contribution is -0.149. The average Bonchev–Trinajstić information content (AvgIpc) is 3.05. The van der Waals surface area contributed by atoms with E-state index in [4.69, 9.17) is 24.5 Å². The zero-order valence-electron chi connectivity index (χ0n) is 25.8. The number of carbonyl (C=O) groups is 2. The Kier molecular flexibility index (Phi) is 11.1. The van der Waals surface area contributed by atoms with Crippen LogP contribution >= 0.6 is 7.67 Å². The molecule has 0 bridgehead atoms. The van der Waals surface area contributed by atoms with Crippen molar-refractivity contribution in [3.63, 3.8) is 0 Å². The molecule has 7 unspecified atom stereocenters. The molecule has 16 nitrogen and oxygen atoms in total. The van der Waals surface area contributed by atoms with Gasteiger partial charge in [-0.3, -0.25) is 19.2 Å². The molecule has 3 aliphatic rings. The average molecular weight is 640 g/mol. The lowest BCUT2D eigenvalue weighted by atomic mass is 9.74. The third-order valence-corrected chi connectivity index (χ3v) is 9.13. The van der Waals surface area contributed by atoms with Crippen LogP contribution in [0.3, 0.4) is 0 Å². The van der Waals surface area contributed by atoms with Crippen molar-refractivity contribution < 1.29 is 43.1 Å². The number of esters is 2. The second kappa shape index (κ2) is 13.9. The summed E-state index contributed by atoms with van der Waals surface area (Å²) in [6.07, 6.45) is 2.17. The fourth-order valence-corrected chi connectivity index (χ4v) is 6.72. The fraction of sp³-hybridized carbons (Fsp3) is 0.667. The van der Waals surface area contributed by atoms with E-state index in [9.17, 15) is 29.6 Å². The number of rotatable bonds is 12. The van der Waals surface area contributed by atoms with Crippen LogP contribution < -0.4 is 15.9 Å². The molecular formula is C27H42N7O9P. The monoisotopic (exact) mass is 639 g/mol. The highest BCUT2D eigenvalue weighted by Crippen LogP contribution is 2.48. The minimum Gasteiger partial charge on any atom is -0.462 e. The number of carbonyl (C=O) groups excluding carboxylic acids is 2. The van der Waals surface area contributed by atoms with Crippen LogP contribution in [0.4, 0.5) is 0 Å². The lowest BCUT2D eigenvalue weighted by Crippen LogP contribution is -2.59. The summed E-state index contributed by atoms with van der Waals surface area (Å²) in [5, 5.41) is 43.9. The maximum atomic E-state index is 14.0. The summed E-state index contributed by atoms with van der Waals surface area (Å²) >= 11 is 0. The van der Waals surface area contributed by atoms with E-state index in [0.29, 0.717) is 5.70 Å². The Labute approximate surface area is 256 Å². The predicted octanol–water partition coefficient (Wildman–Crippen LogP) is 0.430. The predicted molar refractivity (Wildman–Crippen MR) is 159 cm³/mol. The number of amidine groups is 1. The van der Waals surface area contributed by atoms with Crippen LogP contribution in [0.2, 0.25) is 0 Å². The maximum Gasteiger partial charge on any atom is 0.342 e. The maximum absolute atomic E-state index is 14.0. The molecule has 0 radical (unpaired) electrons. The highest BCUT2D eigenvalue weighted by atomic mass is 31.2. The Morgan fingerprint density at radius 2 is 1.77 bits per heavy atom. The van der Waals surface area contributed by atoms with Gasteiger partial charge in [0, 0.05) is 5.92 Å². The Hall–Kier alpha value is -3.16. The van der Waals surface area contributed by atoms with Crippen molar-refractivity contribution in [3.8, 4) is 6.07 Å². The lowest BCUT2D eigenvalue weighted by Gasteiger charge is -2.39. The van der Waals surface area contributed by atoms with Gasteiger partial charge in [-0.05, 0) is 54.5 Å². The summed E-state index contributed by atoms with van der Waals surface area (Å²) in [4.78, 5) is 28.9. The number of nitrogens with zero attached hydrogens (tertiary/aromatic N) is 4. The zero-order valence-corrected chi connectivity index (χ0v) is 26.7. The first kappa shape index (κ1) is 35.3. The molecule has 0 aromatic carbocycles. The molecule has 7 atom stereocenters. The Morgan fingerprint density at radius 1 is 1.20 bits per heavy atom. The quantitative estimate of drug-likeness (QED) is 0.144. The first-order valence-electron chi connectivity index (χ1n) is 14.2. The van der Waals surface area contributed by atoms with Gasteiger partial charge in [-0.25, -0.2) is 15.2 Å². The summed E-state index contributed by atoms with van der Waals surface area (Å²) in [6.45, 7) is 10.0. The minimum atomic E-state index is -4.30. The molecule has 17 heteroatoms. The van der Waals surface area contributed by atoms with Gasteiger partial charge < -0.3 is 34.7 Å². The number of aliphatic hydroxyl groups excluding tert-OH is 1. The highest BCUT2D eigenvalue weighted by Gasteiger charge is 2.66. The topological polar surface area (TPSA) is 230 Å². The summed E-state index contributed by atoms with van der Waals surface area (Å²) in [6, 6.07) is -0.273. The van der Waals surface area contributed by atoms with E-state index in [0.717, 1.165) is 0 Å². The van der Waals surface area contributed by atoms with Crippen LogP contribution in [0.1, 0.15) is 48.5 Å². The number of ether oxygens (including phenoxy) is 3. The molecule has 0 saturated carbocycles. The molecule has 6 N–H and O–H groups in total. The van der Waals surface area contributed by atoms with E-state index >= 15 is 0 Å². The molecule has 0 spiro atoms. The summed E-state index contributed by atoms with van der Waals surface area (Å²) < 4.78 is 36.1. The molecule has 3 aliphatic heterocycles. The zero-order chi connectivity index (χ0) is 33.0. The van der Waals surface area contributed by atoms with Gasteiger partial charge in [0.1, 0.15) is 48.0 Å². The summed E-state index contributed by atoms with van der Waals surface area (Å²) in [5.41, 5.74) is 2.28. The van der Waals surface area contributed by atoms with Crippen molar-refractivity contribution in [2.24, 2.45) is 21.7 Å². The summed E-state index contributed by atoms with van der Waals surface area (Å²) in [5.74, 6) is -2.11. The van der Waals surface area contributed by atoms with Crippen LogP contribution in [-0.2, 0) is 32.9 Å². The number of hydrogen-bond donors (Lipinski definition) is 5. The minimum absolute atomic E-state index is 0.0334. The van der Waals surface area contributed by atoms with E-state index in [1.807, 2.05) is 6.07 Å². The number of nitriles is 1. The molecule has 44 heavy (non-hydrogen) atoms. The molecule has 1 saturated heterocycles. The smallest absolute Gasteiger partial charge is 0.342 e. The van der Waals surface area contributed by atoms with Gasteiger partial charge >= 0.3 is 19.6 Å². The number of nitrogens with one attached hydrogen (secondary N) is 2. The molecule has 1 fully saturated rings. The highest BCUT2D eigenvalue weighted by molar-refractivity contribution is 7.54. The second-order valence-electron chi connectivity index (χ2n) is 11.5. The van der Waals surface area contributed by atoms with E-state index in [1.54, 1.807) is 45.9 Å². The number of aliphatic imine (C=N–C) groups is 1. The van der Waals surface area contributed by atoms with Crippen LogP contribution in [0.25, 0.3) is 0 Å². The molecule has 0 aromatic rings. The molecule has 3 rings (SSSR count). The van der Waals surface area contributed by atoms with Gasteiger partial charge in [-0.15, -0.1) is 0 Å². The third kappa shape index (κ3) is 7.55. The molecule has 0 aromatic heterocycles. The largest absolute Gasteiger partial charge is 0.462 e. The van der Waals surface area contributed by atoms with Crippen molar-refractivity contribution in [1.29, 1.82) is 5.26 Å². The number of nitrogens with two attached hydrogens (primary N) is 1. The van der Waals surface area contributed by atoms with Gasteiger partial charge in [0.25, 0.3) is 0 Å². The van der Waals surface area contributed by atoms with Crippen molar-refractivity contribution in [1.82, 2.24) is 15.2 Å². The van der Waals surface area contributed by atoms with Gasteiger partial charge in [0.15, 0.2) is 11.4 Å². The number of fused-ring (bicyclic) bond motifs is 1. The molecule has 0 amide bonds. The van der Waals surface area contributed by atoms with E-state index < -0.39 is 79.8 Å². The van der Waals surface area contributed by atoms with Crippen molar-refractivity contribution in [3.05, 3.63) is 23.9 Å². The van der Waals surface area contributed by atoms with Gasteiger partial charge in [-0.1, -0.05) is 12.2 Å². The molecular weight excluding hydrogens is 597 g/mol. The van der Waals surface area contributed by atoms with Crippen LogP contribution in [0.15, 0.2) is 34.0 Å². The van der Waals surface area contributed by atoms with Crippen LogP contribution in [0, 0.1) is 17.2 Å². The number of aliphatic hydroxyl groups is 2. The van der Waals surface area contributed by atoms with Gasteiger partial charge in [0.2, 0.25) is 0 Å². The molecule has 244 valence electrons. The van der Waals surface area contributed by atoms with Crippen molar-refractivity contribution in [2.45, 2.75) is 96.2 Å². The normalized spacial score (nSPS) is 30.9. The standard InChI is InChI=1S/C27H42N7O9P/c1-15(2)41-24(36)17(5)32-44(39,33-18(6)25(37)42-16(3)4)40-12-21-22(35)26(7,38)27(13-28,43-21)19-9-8-10-20-23(29)30-14-31-34(20)11-19/h8-10,14-19,21-22,35,38H,11-12H2,1-7H3,(H2,29,30,31)(H2,32,33,39). The van der Waals surface area contributed by atoms with E-state index in [1.165, 1.54) is 32.1 Å². The van der Waals surface area contributed by atoms with Gasteiger partial charge in [-0.2, -0.15) is 10.4 Å². The van der Waals surface area contributed by atoms with Crippen LogP contribution in [0.5, 0.6) is 0 Å². The number of hydrogen-bond acceptors (Lipinski definition) is 14. The first-order valence-corrected chi connectivity index (χ1v) is 15.8. The second-order valence-corrected chi connectivity index (χ2v) is 13.4. The third-order valence-electron chi connectivity index (χ3n) is 7.16. The Balaban J connectivity index is 1.84. The van der Waals surface area contributed by atoms with Crippen LogP contribution in [-0.4, -0.2) is 100 Å². The fourth-order valence-electron chi connectivity index (χ4n) is 4.91. The SMILES string of the molecule is CC(C)OC(=O)C(C)NP(=O)(NC(C)C(=O)OC(C)C)OCC1OC(C#N)(C2C=CC=C3C(N)=NC=NN3C2)C(C)(O)C1O. The van der Waals surface area contributed by atoms with E-state index in [-0.39, 0.29) is 12.4 Å². The Bertz CT molecular complexity index is 1270. The van der Waals surface area contributed by atoms with E-state index in [2.05, 4.69) is 20.3 Å². The first-order chi connectivity index (χ1) is 20.5.